The van der Waals surface area contributed by atoms with Gasteiger partial charge < -0.3 is 10.0 Å². The number of hydrogen-bond donors (Lipinski definition) is 1. The normalized spacial score (nSPS) is 10.4. The van der Waals surface area contributed by atoms with E-state index in [1.54, 1.807) is 0 Å². The lowest BCUT2D eigenvalue weighted by Crippen LogP contribution is -2.21. The molecule has 1 heterocycles. The summed E-state index contributed by atoms with van der Waals surface area (Å²) in [5, 5.41) is 16.5. The highest BCUT2D eigenvalue weighted by molar-refractivity contribution is 5.85. The second-order valence-electron chi connectivity index (χ2n) is 4.02. The van der Waals surface area contributed by atoms with Gasteiger partial charge in [0.05, 0.1) is 11.9 Å². The lowest BCUT2D eigenvalue weighted by Gasteiger charge is -2.21. The Labute approximate surface area is 111 Å². The number of carboxylic acid groups (broad SMARTS) is 1. The van der Waals surface area contributed by atoms with Crippen LogP contribution in [0.15, 0.2) is 30.5 Å². The van der Waals surface area contributed by atoms with Gasteiger partial charge in [-0.25, -0.2) is 9.48 Å². The molecule has 0 aliphatic carbocycles. The van der Waals surface area contributed by atoms with E-state index in [4.69, 9.17) is 5.11 Å². The lowest BCUT2D eigenvalue weighted by molar-refractivity contribution is 0.0687. The van der Waals surface area contributed by atoms with Gasteiger partial charge in [-0.2, -0.15) is 0 Å². The fraction of sp³-hybridized carbons (Fsp3) is 0.308. The molecule has 0 saturated carbocycles. The summed E-state index contributed by atoms with van der Waals surface area (Å²) in [6.45, 7) is 6.05. The molecule has 0 fully saturated rings. The molecule has 6 heteroatoms. The number of carbonyl (C=O) groups is 1. The second kappa shape index (κ2) is 5.51. The molecule has 2 rings (SSSR count). The third-order valence-electron chi connectivity index (χ3n) is 2.99. The highest BCUT2D eigenvalue weighted by Gasteiger charge is 2.13. The summed E-state index contributed by atoms with van der Waals surface area (Å²) in [6, 6.07) is 7.59. The Morgan fingerprint density at radius 3 is 2.42 bits per heavy atom. The van der Waals surface area contributed by atoms with E-state index in [1.165, 1.54) is 10.9 Å². The number of aromatic carboxylic acids is 1. The minimum atomic E-state index is -1.04. The first kappa shape index (κ1) is 13.1. The molecule has 19 heavy (non-hydrogen) atoms. The summed E-state index contributed by atoms with van der Waals surface area (Å²) in [4.78, 5) is 13.2. The standard InChI is InChI=1S/C13H16N4O2/c1-3-16(4-2)10-5-7-11(8-6-10)17-12(13(18)19)9-14-15-17/h5-9H,3-4H2,1-2H3,(H,18,19). The van der Waals surface area contributed by atoms with Crippen LogP contribution in [0.2, 0.25) is 0 Å². The van der Waals surface area contributed by atoms with Crippen LogP contribution in [-0.2, 0) is 0 Å². The Bertz CT molecular complexity index is 558. The first-order chi connectivity index (χ1) is 9.17. The van der Waals surface area contributed by atoms with Crippen molar-refractivity contribution in [2.75, 3.05) is 18.0 Å². The Kier molecular flexibility index (Phi) is 3.79. The summed E-state index contributed by atoms with van der Waals surface area (Å²) in [7, 11) is 0. The average molecular weight is 260 g/mol. The topological polar surface area (TPSA) is 71.2 Å². The van der Waals surface area contributed by atoms with Gasteiger partial charge in [0.15, 0.2) is 5.69 Å². The van der Waals surface area contributed by atoms with E-state index >= 15 is 0 Å². The van der Waals surface area contributed by atoms with Gasteiger partial charge in [0.1, 0.15) is 0 Å². The largest absolute Gasteiger partial charge is 0.476 e. The maximum atomic E-state index is 11.0. The Morgan fingerprint density at radius 1 is 1.26 bits per heavy atom. The van der Waals surface area contributed by atoms with Crippen LogP contribution in [0.25, 0.3) is 5.69 Å². The minimum Gasteiger partial charge on any atom is -0.476 e. The van der Waals surface area contributed by atoms with E-state index in [-0.39, 0.29) is 5.69 Å². The van der Waals surface area contributed by atoms with Crippen LogP contribution in [-0.4, -0.2) is 39.2 Å². The second-order valence-corrected chi connectivity index (χ2v) is 4.02. The van der Waals surface area contributed by atoms with Crippen LogP contribution in [0.3, 0.4) is 0 Å². The number of benzene rings is 1. The maximum absolute atomic E-state index is 11.0. The molecule has 0 bridgehead atoms. The van der Waals surface area contributed by atoms with Crippen molar-refractivity contribution in [3.63, 3.8) is 0 Å². The number of hydrogen-bond acceptors (Lipinski definition) is 4. The zero-order valence-electron chi connectivity index (χ0n) is 10.9. The van der Waals surface area contributed by atoms with Crippen molar-refractivity contribution in [1.82, 2.24) is 15.0 Å². The summed E-state index contributed by atoms with van der Waals surface area (Å²) in [6.07, 6.45) is 1.24. The van der Waals surface area contributed by atoms with Crippen molar-refractivity contribution < 1.29 is 9.90 Å². The molecule has 0 saturated heterocycles. The maximum Gasteiger partial charge on any atom is 0.356 e. The van der Waals surface area contributed by atoms with Crippen molar-refractivity contribution in [1.29, 1.82) is 0 Å². The summed E-state index contributed by atoms with van der Waals surface area (Å²) < 4.78 is 1.31. The number of aromatic nitrogens is 3. The van der Waals surface area contributed by atoms with Gasteiger partial charge in [0, 0.05) is 18.8 Å². The molecule has 100 valence electrons. The number of anilines is 1. The predicted octanol–water partition coefficient (Wildman–Crippen LogP) is 1.81. The molecule has 1 N–H and O–H groups in total. The molecule has 0 unspecified atom stereocenters. The van der Waals surface area contributed by atoms with Gasteiger partial charge in [0.25, 0.3) is 0 Å². The molecule has 0 amide bonds. The molecule has 0 atom stereocenters. The zero-order chi connectivity index (χ0) is 13.8. The van der Waals surface area contributed by atoms with E-state index in [1.807, 2.05) is 24.3 Å². The van der Waals surface area contributed by atoms with Gasteiger partial charge in [-0.3, -0.25) is 0 Å². The van der Waals surface area contributed by atoms with E-state index in [9.17, 15) is 4.79 Å². The highest BCUT2D eigenvalue weighted by atomic mass is 16.4. The lowest BCUT2D eigenvalue weighted by atomic mass is 10.2. The van der Waals surface area contributed by atoms with E-state index in [0.29, 0.717) is 5.69 Å². The average Bonchev–Trinajstić information content (AvgIpc) is 2.90. The fourth-order valence-corrected chi connectivity index (χ4v) is 1.96. The Balaban J connectivity index is 2.32. The molecule has 1 aromatic carbocycles. The van der Waals surface area contributed by atoms with Crippen LogP contribution in [0.5, 0.6) is 0 Å². The smallest absolute Gasteiger partial charge is 0.356 e. The van der Waals surface area contributed by atoms with E-state index < -0.39 is 5.97 Å². The summed E-state index contributed by atoms with van der Waals surface area (Å²) >= 11 is 0. The molecular weight excluding hydrogens is 244 g/mol. The molecule has 0 spiro atoms. The van der Waals surface area contributed by atoms with Crippen molar-refractivity contribution >= 4 is 11.7 Å². The molecule has 0 aliphatic heterocycles. The molecule has 6 nitrogen and oxygen atoms in total. The molecular formula is C13H16N4O2. The van der Waals surface area contributed by atoms with Crippen LogP contribution in [0.1, 0.15) is 24.3 Å². The highest BCUT2D eigenvalue weighted by Crippen LogP contribution is 2.17. The summed E-state index contributed by atoms with van der Waals surface area (Å²) in [5.41, 5.74) is 1.84. The van der Waals surface area contributed by atoms with Gasteiger partial charge in [-0.1, -0.05) is 5.21 Å². The van der Waals surface area contributed by atoms with Crippen molar-refractivity contribution in [3.05, 3.63) is 36.2 Å². The first-order valence-corrected chi connectivity index (χ1v) is 6.16. The molecule has 2 aromatic rings. The Hall–Kier alpha value is -2.37. The third kappa shape index (κ3) is 2.57. The van der Waals surface area contributed by atoms with Crippen molar-refractivity contribution in [3.8, 4) is 5.69 Å². The molecule has 0 aliphatic rings. The summed E-state index contributed by atoms with van der Waals surface area (Å²) in [5.74, 6) is -1.04. The zero-order valence-corrected chi connectivity index (χ0v) is 10.9. The Morgan fingerprint density at radius 2 is 1.89 bits per heavy atom. The van der Waals surface area contributed by atoms with E-state index in [2.05, 4.69) is 29.1 Å². The van der Waals surface area contributed by atoms with Crippen LogP contribution < -0.4 is 4.90 Å². The van der Waals surface area contributed by atoms with Crippen LogP contribution >= 0.6 is 0 Å². The SMILES string of the molecule is CCN(CC)c1ccc(-n2nncc2C(=O)O)cc1. The monoisotopic (exact) mass is 260 g/mol. The predicted molar refractivity (Wildman–Crippen MR) is 71.9 cm³/mol. The van der Waals surface area contributed by atoms with Gasteiger partial charge in [0.2, 0.25) is 0 Å². The van der Waals surface area contributed by atoms with Crippen molar-refractivity contribution in [2.45, 2.75) is 13.8 Å². The first-order valence-electron chi connectivity index (χ1n) is 6.16. The third-order valence-corrected chi connectivity index (χ3v) is 2.99. The van der Waals surface area contributed by atoms with E-state index in [0.717, 1.165) is 18.8 Å². The number of rotatable bonds is 5. The van der Waals surface area contributed by atoms with Crippen LogP contribution in [0, 0.1) is 0 Å². The van der Waals surface area contributed by atoms with Crippen LogP contribution in [0.4, 0.5) is 5.69 Å². The fourth-order valence-electron chi connectivity index (χ4n) is 1.96. The quantitative estimate of drug-likeness (QED) is 0.887. The van der Waals surface area contributed by atoms with Crippen molar-refractivity contribution in [2.24, 2.45) is 0 Å². The van der Waals surface area contributed by atoms with Gasteiger partial charge >= 0.3 is 5.97 Å². The molecule has 1 aromatic heterocycles. The number of carboxylic acids is 1. The molecule has 0 radical (unpaired) electrons. The van der Waals surface area contributed by atoms with Gasteiger partial charge in [-0.15, -0.1) is 5.10 Å². The minimum absolute atomic E-state index is 0.0515. The van der Waals surface area contributed by atoms with Gasteiger partial charge in [-0.05, 0) is 38.1 Å². The number of nitrogens with zero attached hydrogens (tertiary/aromatic N) is 4.